The Hall–Kier alpha value is -2.63. The van der Waals surface area contributed by atoms with Gasteiger partial charge in [-0.25, -0.2) is 9.37 Å². The fourth-order valence-corrected chi connectivity index (χ4v) is 2.05. The zero-order valence-corrected chi connectivity index (χ0v) is 14.3. The van der Waals surface area contributed by atoms with Crippen LogP contribution in [-0.4, -0.2) is 30.6 Å². The van der Waals surface area contributed by atoms with Crippen LogP contribution < -0.4 is 15.0 Å². The highest BCUT2D eigenvalue weighted by Gasteiger charge is 2.29. The van der Waals surface area contributed by atoms with Crippen LogP contribution in [-0.2, 0) is 11.3 Å². The predicted molar refractivity (Wildman–Crippen MR) is 91.5 cm³/mol. The Morgan fingerprint density at radius 1 is 1.25 bits per heavy atom. The third-order valence-corrected chi connectivity index (χ3v) is 3.45. The van der Waals surface area contributed by atoms with Gasteiger partial charge in [0, 0.05) is 26.8 Å². The van der Waals surface area contributed by atoms with Crippen LogP contribution in [0.25, 0.3) is 0 Å². The van der Waals surface area contributed by atoms with E-state index in [1.54, 1.807) is 20.0 Å². The van der Waals surface area contributed by atoms with E-state index in [0.717, 1.165) is 11.4 Å². The molecule has 0 aliphatic rings. The molecule has 0 saturated carbocycles. The molecule has 5 nitrogen and oxygen atoms in total. The monoisotopic (exact) mass is 331 g/mol. The SMILES string of the molecule is CN(C)c1cc(CNC(=O)C(C)(C)Oc2ccc(F)cc2)ccn1. The third kappa shape index (κ3) is 4.68. The Labute approximate surface area is 141 Å². The van der Waals surface area contributed by atoms with E-state index in [9.17, 15) is 9.18 Å². The van der Waals surface area contributed by atoms with Crippen LogP contribution in [0, 0.1) is 5.82 Å². The number of hydrogen-bond acceptors (Lipinski definition) is 4. The van der Waals surface area contributed by atoms with E-state index in [2.05, 4.69) is 10.3 Å². The van der Waals surface area contributed by atoms with Gasteiger partial charge in [0.05, 0.1) is 0 Å². The van der Waals surface area contributed by atoms with Gasteiger partial charge in [-0.15, -0.1) is 0 Å². The molecule has 0 aliphatic carbocycles. The van der Waals surface area contributed by atoms with Crippen LogP contribution in [0.15, 0.2) is 42.6 Å². The van der Waals surface area contributed by atoms with Crippen LogP contribution in [0.3, 0.4) is 0 Å². The van der Waals surface area contributed by atoms with Gasteiger partial charge in [-0.3, -0.25) is 4.79 Å². The first-order valence-corrected chi connectivity index (χ1v) is 7.63. The van der Waals surface area contributed by atoms with E-state index < -0.39 is 5.60 Å². The summed E-state index contributed by atoms with van der Waals surface area (Å²) < 4.78 is 18.6. The summed E-state index contributed by atoms with van der Waals surface area (Å²) in [5, 5.41) is 2.85. The Kier molecular flexibility index (Phi) is 5.39. The van der Waals surface area contributed by atoms with Crippen LogP contribution in [0.2, 0.25) is 0 Å². The number of nitrogens with zero attached hydrogens (tertiary/aromatic N) is 2. The second kappa shape index (κ2) is 7.29. The lowest BCUT2D eigenvalue weighted by Crippen LogP contribution is -2.46. The summed E-state index contributed by atoms with van der Waals surface area (Å²) in [6.45, 7) is 3.71. The average molecular weight is 331 g/mol. The minimum Gasteiger partial charge on any atom is -0.478 e. The van der Waals surface area contributed by atoms with E-state index in [0.29, 0.717) is 12.3 Å². The van der Waals surface area contributed by atoms with Crippen molar-refractivity contribution < 1.29 is 13.9 Å². The van der Waals surface area contributed by atoms with Crippen molar-refractivity contribution in [2.45, 2.75) is 26.0 Å². The Morgan fingerprint density at radius 2 is 1.92 bits per heavy atom. The molecule has 0 aliphatic heterocycles. The second-order valence-electron chi connectivity index (χ2n) is 6.17. The van der Waals surface area contributed by atoms with Gasteiger partial charge in [0.1, 0.15) is 17.4 Å². The maximum Gasteiger partial charge on any atom is 0.263 e. The first-order chi connectivity index (χ1) is 11.3. The van der Waals surface area contributed by atoms with Crippen molar-refractivity contribution in [3.63, 3.8) is 0 Å². The number of ether oxygens (including phenoxy) is 1. The molecule has 1 aromatic carbocycles. The van der Waals surface area contributed by atoms with Gasteiger partial charge >= 0.3 is 0 Å². The van der Waals surface area contributed by atoms with Gasteiger partial charge in [0.25, 0.3) is 5.91 Å². The van der Waals surface area contributed by atoms with Gasteiger partial charge in [-0.2, -0.15) is 0 Å². The predicted octanol–water partition coefficient (Wildman–Crippen LogP) is 2.76. The summed E-state index contributed by atoms with van der Waals surface area (Å²) in [5.41, 5.74) is -0.130. The van der Waals surface area contributed by atoms with Crippen LogP contribution >= 0.6 is 0 Å². The molecule has 128 valence electrons. The molecule has 1 amide bonds. The fraction of sp³-hybridized carbons (Fsp3) is 0.333. The number of carbonyl (C=O) groups is 1. The van der Waals surface area contributed by atoms with Crippen molar-refractivity contribution in [1.82, 2.24) is 10.3 Å². The fourth-order valence-electron chi connectivity index (χ4n) is 2.05. The summed E-state index contributed by atoms with van der Waals surface area (Å²) in [4.78, 5) is 18.5. The summed E-state index contributed by atoms with van der Waals surface area (Å²) >= 11 is 0. The number of nitrogens with one attached hydrogen (secondary N) is 1. The Balaban J connectivity index is 1.97. The number of hydrogen-bond donors (Lipinski definition) is 1. The lowest BCUT2D eigenvalue weighted by Gasteiger charge is -2.25. The van der Waals surface area contributed by atoms with Crippen molar-refractivity contribution in [2.24, 2.45) is 0 Å². The lowest BCUT2D eigenvalue weighted by atomic mass is 10.1. The van der Waals surface area contributed by atoms with E-state index in [4.69, 9.17) is 4.74 Å². The largest absolute Gasteiger partial charge is 0.478 e. The molecule has 1 heterocycles. The summed E-state index contributed by atoms with van der Waals surface area (Å²) in [6, 6.07) is 9.34. The van der Waals surface area contributed by atoms with Gasteiger partial charge in [0.2, 0.25) is 0 Å². The normalized spacial score (nSPS) is 11.0. The highest BCUT2D eigenvalue weighted by molar-refractivity contribution is 5.84. The number of benzene rings is 1. The summed E-state index contributed by atoms with van der Waals surface area (Å²) in [6.07, 6.45) is 1.71. The molecule has 1 N–H and O–H groups in total. The summed E-state index contributed by atoms with van der Waals surface area (Å²) in [5.74, 6) is 0.660. The second-order valence-corrected chi connectivity index (χ2v) is 6.17. The molecule has 0 bridgehead atoms. The molecular formula is C18H22FN3O2. The van der Waals surface area contributed by atoms with E-state index in [-0.39, 0.29) is 11.7 Å². The number of amides is 1. The molecule has 2 rings (SSSR count). The quantitative estimate of drug-likeness (QED) is 0.884. The first-order valence-electron chi connectivity index (χ1n) is 7.63. The number of carbonyl (C=O) groups excluding carboxylic acids is 1. The number of anilines is 1. The molecule has 2 aromatic rings. The maximum absolute atomic E-state index is 12.9. The Morgan fingerprint density at radius 3 is 2.54 bits per heavy atom. The number of aromatic nitrogens is 1. The summed E-state index contributed by atoms with van der Waals surface area (Å²) in [7, 11) is 3.81. The van der Waals surface area contributed by atoms with Crippen molar-refractivity contribution in [3.8, 4) is 5.75 Å². The molecule has 0 radical (unpaired) electrons. The van der Waals surface area contributed by atoms with Gasteiger partial charge in [-0.1, -0.05) is 0 Å². The number of halogens is 1. The lowest BCUT2D eigenvalue weighted by molar-refractivity contribution is -0.134. The molecule has 0 unspecified atom stereocenters. The van der Waals surface area contributed by atoms with Crippen molar-refractivity contribution >= 4 is 11.7 Å². The molecule has 6 heteroatoms. The number of rotatable bonds is 6. The highest BCUT2D eigenvalue weighted by atomic mass is 19.1. The molecule has 0 fully saturated rings. The minimum atomic E-state index is -1.07. The van der Waals surface area contributed by atoms with Gasteiger partial charge < -0.3 is 15.0 Å². The molecule has 1 aromatic heterocycles. The van der Waals surface area contributed by atoms with E-state index in [1.165, 1.54) is 24.3 Å². The molecule has 0 spiro atoms. The van der Waals surface area contributed by atoms with E-state index in [1.807, 2.05) is 31.1 Å². The van der Waals surface area contributed by atoms with Gasteiger partial charge in [0.15, 0.2) is 5.60 Å². The van der Waals surface area contributed by atoms with Crippen molar-refractivity contribution in [2.75, 3.05) is 19.0 Å². The van der Waals surface area contributed by atoms with Crippen LogP contribution in [0.5, 0.6) is 5.75 Å². The topological polar surface area (TPSA) is 54.5 Å². The average Bonchev–Trinajstić information content (AvgIpc) is 2.54. The van der Waals surface area contributed by atoms with Crippen molar-refractivity contribution in [1.29, 1.82) is 0 Å². The van der Waals surface area contributed by atoms with Crippen LogP contribution in [0.1, 0.15) is 19.4 Å². The molecule has 24 heavy (non-hydrogen) atoms. The highest BCUT2D eigenvalue weighted by Crippen LogP contribution is 2.19. The smallest absolute Gasteiger partial charge is 0.263 e. The first kappa shape index (κ1) is 17.7. The van der Waals surface area contributed by atoms with E-state index >= 15 is 0 Å². The Bertz CT molecular complexity index is 700. The third-order valence-electron chi connectivity index (χ3n) is 3.45. The maximum atomic E-state index is 12.9. The van der Waals surface area contributed by atoms with Crippen LogP contribution in [0.4, 0.5) is 10.2 Å². The van der Waals surface area contributed by atoms with Crippen molar-refractivity contribution in [3.05, 3.63) is 54.0 Å². The molecular weight excluding hydrogens is 309 g/mol. The van der Waals surface area contributed by atoms with Gasteiger partial charge in [-0.05, 0) is 55.8 Å². The minimum absolute atomic E-state index is 0.255. The molecule has 0 atom stereocenters. The number of pyridine rings is 1. The standard InChI is InChI=1S/C18H22FN3O2/c1-18(2,24-15-7-5-14(19)6-8-15)17(23)21-12-13-9-10-20-16(11-13)22(3)4/h5-11H,12H2,1-4H3,(H,21,23). The zero-order chi connectivity index (χ0) is 17.7. The zero-order valence-electron chi connectivity index (χ0n) is 14.3. The molecule has 0 saturated heterocycles.